The maximum absolute atomic E-state index is 14.3. The lowest BCUT2D eigenvalue weighted by Crippen LogP contribution is -2.61. The second-order valence-electron chi connectivity index (χ2n) is 12.3. The fraction of sp³-hybridized carbons (Fsp3) is 0.387. The first-order valence-electron chi connectivity index (χ1n) is 14.6. The van der Waals surface area contributed by atoms with Crippen LogP contribution in [0.15, 0.2) is 53.8 Å². The molecule has 2 aliphatic carbocycles. The number of rotatable bonds is 4. The smallest absolute Gasteiger partial charge is 0.433 e. The van der Waals surface area contributed by atoms with E-state index < -0.39 is 74.7 Å². The average Bonchev–Trinajstić information content (AvgIpc) is 3.37. The number of likely N-dealkylation sites (tertiary alicyclic amines) is 1. The van der Waals surface area contributed by atoms with Crippen LogP contribution >= 0.6 is 50.7 Å². The first-order chi connectivity index (χ1) is 22.5. The highest BCUT2D eigenvalue weighted by molar-refractivity contribution is 9.09. The van der Waals surface area contributed by atoms with E-state index in [2.05, 4.69) is 20.9 Å². The van der Waals surface area contributed by atoms with Gasteiger partial charge in [-0.2, -0.15) is 18.2 Å². The second kappa shape index (κ2) is 11.1. The third-order valence-electron chi connectivity index (χ3n) is 9.86. The number of aromatic nitrogens is 1. The summed E-state index contributed by atoms with van der Waals surface area (Å²) in [5, 5.41) is 11.5. The number of phenolic OH excluding ortho intramolecular Hbond substituents is 1. The molecule has 2 aromatic rings. The summed E-state index contributed by atoms with van der Waals surface area (Å²) < 4.78 is 46.4. The molecule has 1 saturated carbocycles. The normalized spacial score (nSPS) is 31.1. The van der Waals surface area contributed by atoms with Crippen molar-refractivity contribution >= 4 is 80.2 Å². The van der Waals surface area contributed by atoms with E-state index in [-0.39, 0.29) is 35.5 Å². The van der Waals surface area contributed by atoms with E-state index in [4.69, 9.17) is 39.5 Å². The Bertz CT molecular complexity index is 1890. The van der Waals surface area contributed by atoms with E-state index in [1.807, 2.05) is 0 Å². The number of aromatic hydroxyl groups is 1. The van der Waals surface area contributed by atoms with Crippen molar-refractivity contribution in [1.29, 1.82) is 0 Å². The van der Waals surface area contributed by atoms with Crippen LogP contribution in [0.4, 0.5) is 19.0 Å². The number of imide groups is 2. The second-order valence-corrected chi connectivity index (χ2v) is 14.4. The minimum absolute atomic E-state index is 0.0176. The number of pyridine rings is 1. The molecule has 0 spiro atoms. The maximum Gasteiger partial charge on any atom is 0.433 e. The molecule has 4 amide bonds. The standard InChI is InChI=1S/C31H23BrCl3F3N4O6/c1-40(24-19(33)5-7-21(39-24)31(36,37)38)42-25(44)17-4-3-16-18(22(17)26(42)45)10-29(34)27(46)41(12-32)28(47)30(29,35)23(16)14-8-13-9-15(43)2-6-20(13)48-11-14/h2-3,5-7,9,11,17-18,22-23,43H,4,8,10,12H2,1H3/t17-,18+,22-,23-,29+,30-/m0/s1. The number of fused-ring (bicyclic) bond motifs is 5. The lowest BCUT2D eigenvalue weighted by Gasteiger charge is -2.51. The Balaban J connectivity index is 1.32. The van der Waals surface area contributed by atoms with Crippen LogP contribution in [0.1, 0.15) is 24.1 Å². The summed E-state index contributed by atoms with van der Waals surface area (Å²) in [6.07, 6.45) is -1.82. The van der Waals surface area contributed by atoms with Gasteiger partial charge in [0.1, 0.15) is 17.2 Å². The number of ether oxygens (including phenoxy) is 1. The molecule has 252 valence electrons. The summed E-state index contributed by atoms with van der Waals surface area (Å²) >= 11 is 23.9. The molecule has 1 N–H and O–H groups in total. The molecule has 5 aliphatic rings. The summed E-state index contributed by atoms with van der Waals surface area (Å²) in [4.78, 5) is 56.4. The number of hydrogen-bond acceptors (Lipinski definition) is 8. The van der Waals surface area contributed by atoms with Gasteiger partial charge in [0.05, 0.1) is 28.6 Å². The van der Waals surface area contributed by atoms with Crippen molar-refractivity contribution in [1.82, 2.24) is 14.9 Å². The summed E-state index contributed by atoms with van der Waals surface area (Å²) in [6, 6.07) is 6.18. The van der Waals surface area contributed by atoms with Crippen LogP contribution in [-0.2, 0) is 31.8 Å². The van der Waals surface area contributed by atoms with Crippen molar-refractivity contribution < 1.29 is 42.2 Å². The first-order valence-corrected chi connectivity index (χ1v) is 16.8. The van der Waals surface area contributed by atoms with Gasteiger partial charge in [-0.3, -0.25) is 29.1 Å². The molecule has 1 aromatic heterocycles. The van der Waals surface area contributed by atoms with E-state index in [0.717, 1.165) is 16.0 Å². The monoisotopic (exact) mass is 788 g/mol. The van der Waals surface area contributed by atoms with Crippen LogP contribution in [0.2, 0.25) is 5.02 Å². The molecule has 17 heteroatoms. The number of amides is 4. The molecular formula is C31H23BrCl3F3N4O6. The van der Waals surface area contributed by atoms with Crippen LogP contribution in [-0.4, -0.2) is 65.9 Å². The van der Waals surface area contributed by atoms with E-state index in [1.165, 1.54) is 25.4 Å². The van der Waals surface area contributed by atoms with Gasteiger partial charge in [0.15, 0.2) is 15.6 Å². The molecule has 7 rings (SSSR count). The van der Waals surface area contributed by atoms with Gasteiger partial charge in [-0.05, 0) is 54.7 Å². The molecule has 0 radical (unpaired) electrons. The summed E-state index contributed by atoms with van der Waals surface area (Å²) in [5.41, 5.74) is 0.0443. The van der Waals surface area contributed by atoms with Crippen LogP contribution < -0.4 is 9.75 Å². The van der Waals surface area contributed by atoms with Crippen LogP contribution in [0.3, 0.4) is 0 Å². The van der Waals surface area contributed by atoms with Crippen LogP contribution in [0, 0.1) is 23.7 Å². The number of hydrazine groups is 1. The van der Waals surface area contributed by atoms with Gasteiger partial charge in [-0.1, -0.05) is 39.2 Å². The molecule has 2 saturated heterocycles. The van der Waals surface area contributed by atoms with Gasteiger partial charge in [0.25, 0.3) is 23.6 Å². The zero-order valence-electron chi connectivity index (χ0n) is 24.6. The minimum Gasteiger partial charge on any atom is -0.508 e. The Morgan fingerprint density at radius 2 is 1.83 bits per heavy atom. The van der Waals surface area contributed by atoms with Crippen molar-refractivity contribution in [2.24, 2.45) is 23.7 Å². The molecule has 0 bridgehead atoms. The predicted molar refractivity (Wildman–Crippen MR) is 169 cm³/mol. The van der Waals surface area contributed by atoms with Gasteiger partial charge < -0.3 is 9.84 Å². The minimum atomic E-state index is -4.82. The largest absolute Gasteiger partial charge is 0.508 e. The fourth-order valence-corrected chi connectivity index (χ4v) is 9.42. The Hall–Kier alpha value is -3.33. The number of phenols is 1. The molecule has 0 unspecified atom stereocenters. The van der Waals surface area contributed by atoms with Gasteiger partial charge in [-0.25, -0.2) is 4.98 Å². The number of hydrogen-bond donors (Lipinski definition) is 1. The zero-order chi connectivity index (χ0) is 34.7. The number of anilines is 1. The summed E-state index contributed by atoms with van der Waals surface area (Å²) in [5.74, 6) is -7.12. The van der Waals surface area contributed by atoms with Crippen LogP contribution in [0.5, 0.6) is 11.5 Å². The average molecular weight is 791 g/mol. The Kier molecular flexibility index (Phi) is 7.67. The number of benzene rings is 1. The first kappa shape index (κ1) is 33.2. The fourth-order valence-electron chi connectivity index (χ4n) is 7.75. The molecule has 6 atom stereocenters. The summed E-state index contributed by atoms with van der Waals surface area (Å²) in [7, 11) is 1.20. The Morgan fingerprint density at radius 3 is 2.52 bits per heavy atom. The molecular weight excluding hydrogens is 768 g/mol. The topological polar surface area (TPSA) is 120 Å². The Labute approximate surface area is 294 Å². The van der Waals surface area contributed by atoms with Crippen LogP contribution in [0.25, 0.3) is 0 Å². The number of nitrogens with zero attached hydrogens (tertiary/aromatic N) is 4. The van der Waals surface area contributed by atoms with E-state index in [1.54, 1.807) is 12.1 Å². The third-order valence-corrected chi connectivity index (χ3v) is 12.1. The SMILES string of the molecule is CN(c1nc(C(F)(F)F)ccc1Cl)N1C(=O)[C@H]2[C@H](CC=C3[C@H](C4=COc5ccc(O)cc5C4)[C@]4(Cl)C(=O)N(CBr)C(=O)[C@]4(Cl)C[C@H]32)C1=O. The molecule has 4 heterocycles. The highest BCUT2D eigenvalue weighted by Crippen LogP contribution is 2.65. The highest BCUT2D eigenvalue weighted by Gasteiger charge is 2.76. The summed E-state index contributed by atoms with van der Waals surface area (Å²) in [6.45, 7) is 0. The third kappa shape index (κ3) is 4.48. The number of carbonyl (C=O) groups is 4. The number of halogens is 7. The highest BCUT2D eigenvalue weighted by atomic mass is 79.9. The Morgan fingerprint density at radius 1 is 1.10 bits per heavy atom. The zero-order valence-corrected chi connectivity index (χ0v) is 28.5. The van der Waals surface area contributed by atoms with Crippen molar-refractivity contribution in [3.63, 3.8) is 0 Å². The molecule has 3 aliphatic heterocycles. The van der Waals surface area contributed by atoms with Gasteiger partial charge >= 0.3 is 6.18 Å². The number of carbonyl (C=O) groups excluding carboxylic acids is 4. The van der Waals surface area contributed by atoms with E-state index >= 15 is 0 Å². The number of allylic oxidation sites excluding steroid dienone is 3. The number of alkyl halides is 6. The molecule has 48 heavy (non-hydrogen) atoms. The van der Waals surface area contributed by atoms with Crippen molar-refractivity contribution in [2.45, 2.75) is 35.2 Å². The maximum atomic E-state index is 14.3. The quantitative estimate of drug-likeness (QED) is 0.185. The van der Waals surface area contributed by atoms with Crippen molar-refractivity contribution in [3.05, 3.63) is 70.1 Å². The predicted octanol–water partition coefficient (Wildman–Crippen LogP) is 5.57. The van der Waals surface area contributed by atoms with Gasteiger partial charge in [0, 0.05) is 24.9 Å². The molecule has 10 nitrogen and oxygen atoms in total. The molecule has 1 aromatic carbocycles. The van der Waals surface area contributed by atoms with Crippen molar-refractivity contribution in [2.75, 3.05) is 17.5 Å². The van der Waals surface area contributed by atoms with E-state index in [0.29, 0.717) is 33.5 Å². The van der Waals surface area contributed by atoms with Gasteiger partial charge in [0.2, 0.25) is 0 Å². The van der Waals surface area contributed by atoms with E-state index in [9.17, 15) is 37.5 Å². The van der Waals surface area contributed by atoms with Crippen molar-refractivity contribution in [3.8, 4) is 11.5 Å². The molecule has 3 fully saturated rings. The van der Waals surface area contributed by atoms with Gasteiger partial charge in [-0.15, -0.1) is 23.2 Å². The lowest BCUT2D eigenvalue weighted by molar-refractivity contribution is -0.142. The lowest BCUT2D eigenvalue weighted by atomic mass is 9.56.